The van der Waals surface area contributed by atoms with Crippen LogP contribution in [-0.2, 0) is 39.5 Å². The van der Waals surface area contributed by atoms with Crippen molar-refractivity contribution in [2.24, 2.45) is 5.73 Å². The molecule has 0 saturated carbocycles. The van der Waals surface area contributed by atoms with Gasteiger partial charge in [0.05, 0.1) is 40.8 Å². The summed E-state index contributed by atoms with van der Waals surface area (Å²) in [5.74, 6) is -1.04. The number of aromatic nitrogens is 2. The normalized spacial score (nSPS) is 20.6. The van der Waals surface area contributed by atoms with E-state index in [1.807, 2.05) is 13.8 Å². The van der Waals surface area contributed by atoms with Gasteiger partial charge in [0, 0.05) is 33.9 Å². The molecule has 4 N–H and O–H groups in total. The van der Waals surface area contributed by atoms with E-state index in [1.165, 1.54) is 16.9 Å². The van der Waals surface area contributed by atoms with Crippen molar-refractivity contribution >= 4 is 44.4 Å². The zero-order valence-electron chi connectivity index (χ0n) is 23.9. The summed E-state index contributed by atoms with van der Waals surface area (Å²) in [6.07, 6.45) is 1.18. The van der Waals surface area contributed by atoms with E-state index in [0.717, 1.165) is 22.1 Å². The van der Waals surface area contributed by atoms with Gasteiger partial charge in [-0.2, -0.15) is 0 Å². The highest BCUT2D eigenvalue weighted by atomic mass is 33.1. The Morgan fingerprint density at radius 1 is 1.31 bits per heavy atom. The van der Waals surface area contributed by atoms with E-state index in [4.69, 9.17) is 15.5 Å². The third kappa shape index (κ3) is 4.45. The molecule has 0 fully saturated rings. The van der Waals surface area contributed by atoms with Crippen LogP contribution in [0.25, 0.3) is 22.3 Å². The number of nitrogens with two attached hydrogens (primary N) is 1. The molecule has 1 amide bonds. The second-order valence-electron chi connectivity index (χ2n) is 11.8. The molecule has 2 aliphatic heterocycles. The fourth-order valence-corrected chi connectivity index (χ4v) is 8.51. The minimum atomic E-state index is -1.95. The van der Waals surface area contributed by atoms with E-state index >= 15 is 4.39 Å². The lowest BCUT2D eigenvalue weighted by molar-refractivity contribution is -0.172. The van der Waals surface area contributed by atoms with E-state index in [0.29, 0.717) is 41.9 Å². The van der Waals surface area contributed by atoms with Gasteiger partial charge in [-0.25, -0.2) is 14.2 Å². The minimum Gasteiger partial charge on any atom is -0.458 e. The molecule has 0 unspecified atom stereocenters. The molecule has 222 valence electrons. The van der Waals surface area contributed by atoms with Gasteiger partial charge in [0.25, 0.3) is 5.56 Å². The summed E-state index contributed by atoms with van der Waals surface area (Å²) in [6.45, 7) is 7.92. The highest BCUT2D eigenvalue weighted by Gasteiger charge is 2.46. The lowest BCUT2D eigenvalue weighted by atomic mass is 9.81. The van der Waals surface area contributed by atoms with Gasteiger partial charge in [-0.1, -0.05) is 28.5 Å². The van der Waals surface area contributed by atoms with E-state index < -0.39 is 11.6 Å². The Morgan fingerprint density at radius 2 is 2.07 bits per heavy atom. The smallest absolute Gasteiger partial charge is 0.343 e. The first-order valence-electron chi connectivity index (χ1n) is 14.0. The molecule has 6 rings (SSSR count). The number of carbonyl (C=O) groups is 2. The topological polar surface area (TPSA) is 137 Å². The van der Waals surface area contributed by atoms with Crippen molar-refractivity contribution in [3.05, 3.63) is 61.7 Å². The molecular formula is C30H33FN4O5S2. The third-order valence-corrected chi connectivity index (χ3v) is 11.9. The number of benzene rings is 1. The molecule has 0 spiro atoms. The molecule has 2 aromatic heterocycles. The molecule has 4 heterocycles. The van der Waals surface area contributed by atoms with Gasteiger partial charge in [-0.15, -0.1) is 0 Å². The second kappa shape index (κ2) is 10.4. The molecule has 9 nitrogen and oxygen atoms in total. The fourth-order valence-electron chi connectivity index (χ4n) is 6.21. The van der Waals surface area contributed by atoms with Crippen LogP contribution >= 0.6 is 21.6 Å². The van der Waals surface area contributed by atoms with Crippen LogP contribution < -0.4 is 16.6 Å². The minimum absolute atomic E-state index is 0.0334. The number of nitrogens with zero attached hydrogens (tertiary/aromatic N) is 2. The van der Waals surface area contributed by atoms with Crippen molar-refractivity contribution in [3.8, 4) is 11.4 Å². The molecule has 12 heteroatoms. The molecule has 0 bridgehead atoms. The van der Waals surface area contributed by atoms with Gasteiger partial charge in [-0.05, 0) is 62.8 Å². The number of hydrogen-bond donors (Lipinski definition) is 3. The summed E-state index contributed by atoms with van der Waals surface area (Å²) in [7, 11) is 3.02. The number of halogens is 1. The summed E-state index contributed by atoms with van der Waals surface area (Å²) >= 11 is 0. The number of pyridine rings is 2. The lowest BCUT2D eigenvalue weighted by Crippen LogP contribution is -2.44. The van der Waals surface area contributed by atoms with Crippen molar-refractivity contribution in [2.75, 3.05) is 12.3 Å². The van der Waals surface area contributed by atoms with Crippen LogP contribution in [0.5, 0.6) is 0 Å². The van der Waals surface area contributed by atoms with Crippen molar-refractivity contribution in [1.82, 2.24) is 14.9 Å². The number of rotatable bonds is 7. The van der Waals surface area contributed by atoms with Gasteiger partial charge in [0.1, 0.15) is 12.4 Å². The maximum absolute atomic E-state index is 15.1. The van der Waals surface area contributed by atoms with Crippen LogP contribution in [0.2, 0.25) is 0 Å². The van der Waals surface area contributed by atoms with Gasteiger partial charge in [-0.3, -0.25) is 9.59 Å². The summed E-state index contributed by atoms with van der Waals surface area (Å²) in [5, 5.41) is 15.2. The number of fused-ring (bicyclic) bond motifs is 5. The lowest BCUT2D eigenvalue weighted by Gasteiger charge is -2.31. The Bertz CT molecular complexity index is 1740. The molecule has 0 radical (unpaired) electrons. The maximum Gasteiger partial charge on any atom is 0.343 e. The molecule has 2 atom stereocenters. The van der Waals surface area contributed by atoms with Crippen LogP contribution in [-0.4, -0.2) is 43.6 Å². The number of esters is 1. The number of aryl methyl sites for hydroxylation is 1. The number of aliphatic hydroxyl groups is 1. The standard InChI is InChI=1S/C30H33FN4O5S2/c1-5-30(39)18-8-22-26-16(10-35(22)27(37)17(18)11-40-28(30)38)25-20(33-23(36)12-41-42-29(3,4)13-32)7-6-15-14(2)19(31)9-21(34-26)24(15)25/h8-9,20,39H,5-7,10-13,32H2,1-4H3,(H,33,36)/t20-,30-/m0/s1. The summed E-state index contributed by atoms with van der Waals surface area (Å²) in [6, 6.07) is 2.69. The molecule has 42 heavy (non-hydrogen) atoms. The quantitative estimate of drug-likeness (QED) is 0.211. The Morgan fingerprint density at radius 3 is 2.79 bits per heavy atom. The summed E-state index contributed by atoms with van der Waals surface area (Å²) < 4.78 is 21.7. The van der Waals surface area contributed by atoms with E-state index in [1.54, 1.807) is 35.3 Å². The predicted molar refractivity (Wildman–Crippen MR) is 162 cm³/mol. The van der Waals surface area contributed by atoms with Crippen LogP contribution in [0.3, 0.4) is 0 Å². The fraction of sp³-hybridized carbons (Fsp3) is 0.467. The van der Waals surface area contributed by atoms with Crippen LogP contribution in [0, 0.1) is 12.7 Å². The van der Waals surface area contributed by atoms with E-state index in [9.17, 15) is 19.5 Å². The van der Waals surface area contributed by atoms with E-state index in [-0.39, 0.29) is 64.5 Å². The van der Waals surface area contributed by atoms with Gasteiger partial charge in [0.15, 0.2) is 5.60 Å². The summed E-state index contributed by atoms with van der Waals surface area (Å²) in [5.41, 5.74) is 8.36. The number of nitrogens with one attached hydrogen (secondary N) is 1. The number of ether oxygens (including phenoxy) is 1. The molecular weight excluding hydrogens is 579 g/mol. The predicted octanol–water partition coefficient (Wildman–Crippen LogP) is 3.75. The Hall–Kier alpha value is -2.93. The van der Waals surface area contributed by atoms with Crippen molar-refractivity contribution in [3.63, 3.8) is 0 Å². The first kappa shape index (κ1) is 29.2. The van der Waals surface area contributed by atoms with Crippen molar-refractivity contribution in [2.45, 2.75) is 76.5 Å². The highest BCUT2D eigenvalue weighted by Crippen LogP contribution is 2.46. The van der Waals surface area contributed by atoms with Crippen LogP contribution in [0.15, 0.2) is 16.9 Å². The SMILES string of the molecule is CC[C@@]1(O)C(=O)OCc2c1cc1n(c2=O)Cc2c-1nc1cc(F)c(C)c3c1c2[C@@H](NC(=O)CSSC(C)(C)CN)CC3. The third-order valence-electron chi connectivity index (χ3n) is 8.68. The molecule has 3 aliphatic rings. The zero-order chi connectivity index (χ0) is 30.1. The monoisotopic (exact) mass is 612 g/mol. The second-order valence-corrected chi connectivity index (χ2v) is 14.8. The average molecular weight is 613 g/mol. The number of hydrogen-bond acceptors (Lipinski definition) is 9. The van der Waals surface area contributed by atoms with Crippen molar-refractivity contribution in [1.29, 1.82) is 0 Å². The van der Waals surface area contributed by atoms with Gasteiger partial charge >= 0.3 is 5.97 Å². The Kier molecular flexibility index (Phi) is 7.19. The van der Waals surface area contributed by atoms with Gasteiger partial charge in [0.2, 0.25) is 5.91 Å². The van der Waals surface area contributed by atoms with E-state index in [2.05, 4.69) is 5.32 Å². The number of carbonyl (C=O) groups excluding carboxylic acids is 2. The first-order valence-corrected chi connectivity index (χ1v) is 16.3. The molecule has 0 saturated heterocycles. The first-order chi connectivity index (χ1) is 19.9. The largest absolute Gasteiger partial charge is 0.458 e. The van der Waals surface area contributed by atoms with Gasteiger partial charge < -0.3 is 25.5 Å². The zero-order valence-corrected chi connectivity index (χ0v) is 25.6. The van der Waals surface area contributed by atoms with Crippen LogP contribution in [0.1, 0.15) is 73.0 Å². The molecule has 1 aliphatic carbocycles. The van der Waals surface area contributed by atoms with Crippen molar-refractivity contribution < 1.29 is 23.8 Å². The number of amides is 1. The highest BCUT2D eigenvalue weighted by molar-refractivity contribution is 8.77. The molecule has 3 aromatic rings. The number of cyclic esters (lactones) is 1. The summed E-state index contributed by atoms with van der Waals surface area (Å²) in [4.78, 5) is 44.3. The Balaban J connectivity index is 1.48. The maximum atomic E-state index is 15.1. The van der Waals surface area contributed by atoms with Crippen LogP contribution in [0.4, 0.5) is 4.39 Å². The molecule has 1 aromatic carbocycles. The Labute approximate surface area is 250 Å². The average Bonchev–Trinajstić information content (AvgIpc) is 3.33.